The lowest BCUT2D eigenvalue weighted by Gasteiger charge is -2.16. The Morgan fingerprint density at radius 3 is 2.71 bits per heavy atom. The number of aliphatic hydroxyl groups is 1. The second-order valence-corrected chi connectivity index (χ2v) is 5.20. The Hall–Kier alpha value is -1.14. The van der Waals surface area contributed by atoms with Crippen molar-refractivity contribution < 1.29 is 14.8 Å². The summed E-state index contributed by atoms with van der Waals surface area (Å²) in [6.45, 7) is 3.55. The SMILES string of the molecule is CC(C)(O)CCOc1ccc(Br)cc1[N+](=O)[O-]. The molecule has 1 aromatic rings. The Bertz CT molecular complexity index is 414. The summed E-state index contributed by atoms with van der Waals surface area (Å²) in [6, 6.07) is 4.60. The van der Waals surface area contributed by atoms with Gasteiger partial charge in [-0.2, -0.15) is 0 Å². The summed E-state index contributed by atoms with van der Waals surface area (Å²) in [7, 11) is 0. The number of nitro groups is 1. The summed E-state index contributed by atoms with van der Waals surface area (Å²) in [4.78, 5) is 10.3. The number of ether oxygens (including phenoxy) is 1. The van der Waals surface area contributed by atoms with Gasteiger partial charge in [-0.25, -0.2) is 0 Å². The number of hydrogen-bond acceptors (Lipinski definition) is 4. The molecule has 1 rings (SSSR count). The Kier molecular flexibility index (Phi) is 4.47. The molecule has 0 atom stereocenters. The van der Waals surface area contributed by atoms with Gasteiger partial charge in [-0.3, -0.25) is 10.1 Å². The second kappa shape index (κ2) is 5.46. The molecule has 0 amide bonds. The van der Waals surface area contributed by atoms with Gasteiger partial charge >= 0.3 is 5.69 Å². The van der Waals surface area contributed by atoms with Gasteiger partial charge in [0.15, 0.2) is 5.75 Å². The molecule has 5 nitrogen and oxygen atoms in total. The predicted octanol–water partition coefficient (Wildman–Crippen LogP) is 2.90. The molecule has 0 aliphatic rings. The fraction of sp³-hybridized carbons (Fsp3) is 0.455. The third-order valence-corrected chi connectivity index (χ3v) is 2.58. The molecule has 1 N–H and O–H groups in total. The van der Waals surface area contributed by atoms with Crippen LogP contribution in [0, 0.1) is 10.1 Å². The zero-order valence-corrected chi connectivity index (χ0v) is 11.2. The van der Waals surface area contributed by atoms with E-state index in [4.69, 9.17) is 4.74 Å². The molecule has 0 fully saturated rings. The van der Waals surface area contributed by atoms with Crippen LogP contribution >= 0.6 is 15.9 Å². The van der Waals surface area contributed by atoms with Gasteiger partial charge in [0.05, 0.1) is 17.1 Å². The number of nitro benzene ring substituents is 1. The molecule has 0 saturated carbocycles. The summed E-state index contributed by atoms with van der Waals surface area (Å²) in [5.41, 5.74) is -0.931. The lowest BCUT2D eigenvalue weighted by molar-refractivity contribution is -0.386. The minimum absolute atomic E-state index is 0.0879. The minimum Gasteiger partial charge on any atom is -0.487 e. The van der Waals surface area contributed by atoms with E-state index < -0.39 is 10.5 Å². The van der Waals surface area contributed by atoms with E-state index >= 15 is 0 Å². The normalized spacial score (nSPS) is 11.3. The van der Waals surface area contributed by atoms with Gasteiger partial charge in [0.1, 0.15) is 0 Å². The van der Waals surface area contributed by atoms with Crippen LogP contribution in [-0.2, 0) is 0 Å². The maximum Gasteiger partial charge on any atom is 0.312 e. The summed E-state index contributed by atoms with van der Waals surface area (Å²) >= 11 is 3.16. The highest BCUT2D eigenvalue weighted by atomic mass is 79.9. The number of nitrogens with zero attached hydrogens (tertiary/aromatic N) is 1. The highest BCUT2D eigenvalue weighted by Crippen LogP contribution is 2.30. The van der Waals surface area contributed by atoms with Gasteiger partial charge in [-0.15, -0.1) is 0 Å². The fourth-order valence-corrected chi connectivity index (χ4v) is 1.52. The number of rotatable bonds is 5. The first-order valence-corrected chi connectivity index (χ1v) is 5.88. The van der Waals surface area contributed by atoms with Gasteiger partial charge < -0.3 is 9.84 Å². The quantitative estimate of drug-likeness (QED) is 0.670. The van der Waals surface area contributed by atoms with E-state index in [-0.39, 0.29) is 18.0 Å². The van der Waals surface area contributed by atoms with Gasteiger partial charge in [0.25, 0.3) is 0 Å². The molecular weight excluding hydrogens is 290 g/mol. The van der Waals surface area contributed by atoms with Crippen molar-refractivity contribution in [3.05, 3.63) is 32.8 Å². The van der Waals surface area contributed by atoms with Crippen molar-refractivity contribution in [1.29, 1.82) is 0 Å². The van der Waals surface area contributed by atoms with Crippen LogP contribution in [0.4, 0.5) is 5.69 Å². The predicted molar refractivity (Wildman–Crippen MR) is 67.2 cm³/mol. The maximum absolute atomic E-state index is 10.8. The van der Waals surface area contributed by atoms with Gasteiger partial charge in [-0.05, 0) is 26.0 Å². The average Bonchev–Trinajstić information content (AvgIpc) is 2.18. The smallest absolute Gasteiger partial charge is 0.312 e. The van der Waals surface area contributed by atoms with E-state index in [1.165, 1.54) is 12.1 Å². The van der Waals surface area contributed by atoms with Crippen molar-refractivity contribution in [3.63, 3.8) is 0 Å². The zero-order chi connectivity index (χ0) is 13.1. The van der Waals surface area contributed by atoms with Crippen molar-refractivity contribution in [3.8, 4) is 5.75 Å². The summed E-state index contributed by atoms with van der Waals surface area (Å²) < 4.78 is 5.93. The molecule has 0 unspecified atom stereocenters. The first-order chi connectivity index (χ1) is 7.79. The minimum atomic E-state index is -0.843. The molecular formula is C11H14BrNO4. The molecule has 0 saturated heterocycles. The third kappa shape index (κ3) is 4.70. The first kappa shape index (κ1) is 13.9. The largest absolute Gasteiger partial charge is 0.487 e. The Morgan fingerprint density at radius 2 is 2.18 bits per heavy atom. The van der Waals surface area contributed by atoms with Gasteiger partial charge in [0.2, 0.25) is 0 Å². The molecule has 0 bridgehead atoms. The van der Waals surface area contributed by atoms with E-state index in [2.05, 4.69) is 15.9 Å². The average molecular weight is 304 g/mol. The van der Waals surface area contributed by atoms with Crippen LogP contribution in [0.5, 0.6) is 5.75 Å². The van der Waals surface area contributed by atoms with Gasteiger partial charge in [-0.1, -0.05) is 15.9 Å². The highest BCUT2D eigenvalue weighted by Gasteiger charge is 2.17. The van der Waals surface area contributed by atoms with E-state index in [0.29, 0.717) is 10.9 Å². The second-order valence-electron chi connectivity index (χ2n) is 4.28. The Labute approximate surface area is 108 Å². The third-order valence-electron chi connectivity index (χ3n) is 2.09. The molecule has 0 aliphatic carbocycles. The van der Waals surface area contributed by atoms with E-state index in [9.17, 15) is 15.2 Å². The van der Waals surface area contributed by atoms with E-state index in [1.807, 2.05) is 0 Å². The summed E-state index contributed by atoms with van der Waals surface area (Å²) in [5.74, 6) is 0.211. The monoisotopic (exact) mass is 303 g/mol. The van der Waals surface area contributed by atoms with Gasteiger partial charge in [0, 0.05) is 17.0 Å². The molecule has 1 aromatic carbocycles. The number of benzene rings is 1. The molecule has 0 heterocycles. The van der Waals surface area contributed by atoms with Crippen molar-refractivity contribution >= 4 is 21.6 Å². The molecule has 0 aromatic heterocycles. The van der Waals surface area contributed by atoms with Crippen LogP contribution in [0.3, 0.4) is 0 Å². The van der Waals surface area contributed by atoms with Crippen LogP contribution < -0.4 is 4.74 Å². The zero-order valence-electron chi connectivity index (χ0n) is 9.64. The van der Waals surface area contributed by atoms with Crippen LogP contribution in [-0.4, -0.2) is 22.2 Å². The lowest BCUT2D eigenvalue weighted by Crippen LogP contribution is -2.21. The Morgan fingerprint density at radius 1 is 1.53 bits per heavy atom. The van der Waals surface area contributed by atoms with Crippen molar-refractivity contribution in [2.75, 3.05) is 6.61 Å². The molecule has 6 heteroatoms. The topological polar surface area (TPSA) is 72.6 Å². The summed E-state index contributed by atoms with van der Waals surface area (Å²) in [6.07, 6.45) is 0.403. The van der Waals surface area contributed by atoms with Crippen molar-refractivity contribution in [1.82, 2.24) is 0 Å². The highest BCUT2D eigenvalue weighted by molar-refractivity contribution is 9.10. The van der Waals surface area contributed by atoms with Crippen molar-refractivity contribution in [2.45, 2.75) is 25.9 Å². The fourth-order valence-electron chi connectivity index (χ4n) is 1.17. The maximum atomic E-state index is 10.8. The summed E-state index contributed by atoms with van der Waals surface area (Å²) in [5, 5.41) is 20.3. The first-order valence-electron chi connectivity index (χ1n) is 5.09. The molecule has 0 aliphatic heterocycles. The van der Waals surface area contributed by atoms with Crippen molar-refractivity contribution in [2.24, 2.45) is 0 Å². The van der Waals surface area contributed by atoms with Crippen LogP contribution in [0.15, 0.2) is 22.7 Å². The van der Waals surface area contributed by atoms with Crippen LogP contribution in [0.2, 0.25) is 0 Å². The van der Waals surface area contributed by atoms with Crippen LogP contribution in [0.1, 0.15) is 20.3 Å². The standard InChI is InChI=1S/C11H14BrNO4/c1-11(2,14)5-6-17-10-4-3-8(12)7-9(10)13(15)16/h3-4,7,14H,5-6H2,1-2H3. The number of halogens is 1. The van der Waals surface area contributed by atoms with E-state index in [1.54, 1.807) is 19.9 Å². The molecule has 0 spiro atoms. The Balaban J connectivity index is 2.74. The van der Waals surface area contributed by atoms with Crippen LogP contribution in [0.25, 0.3) is 0 Å². The molecule has 94 valence electrons. The van der Waals surface area contributed by atoms with E-state index in [0.717, 1.165) is 0 Å². The molecule has 17 heavy (non-hydrogen) atoms. The number of hydrogen-bond donors (Lipinski definition) is 1. The molecule has 0 radical (unpaired) electrons. The lowest BCUT2D eigenvalue weighted by atomic mass is 10.1.